The van der Waals surface area contributed by atoms with Crippen molar-refractivity contribution in [3.63, 3.8) is 0 Å². The molecule has 1 heterocycles. The Balaban J connectivity index is 2.43. The van der Waals surface area contributed by atoms with Gasteiger partial charge in [0.15, 0.2) is 5.17 Å². The lowest BCUT2D eigenvalue weighted by Crippen LogP contribution is -2.30. The fraction of sp³-hybridized carbons (Fsp3) is 0.267. The molecular formula is C15H15FN2O3S. The van der Waals surface area contributed by atoms with E-state index in [1.807, 2.05) is 0 Å². The number of carboxylic acid groups (broad SMARTS) is 1. The molecule has 0 saturated heterocycles. The van der Waals surface area contributed by atoms with Crippen LogP contribution in [0.1, 0.15) is 25.5 Å². The van der Waals surface area contributed by atoms with Crippen LogP contribution >= 0.6 is 11.8 Å². The number of nitrogens with zero attached hydrogens (tertiary/aromatic N) is 1. The number of nitrogens with one attached hydrogen (secondary N) is 1. The molecule has 1 atom stereocenters. The van der Waals surface area contributed by atoms with Crippen LogP contribution in [0.4, 0.5) is 4.39 Å². The molecule has 0 aliphatic carbocycles. The number of aliphatic carboxylic acids is 1. The van der Waals surface area contributed by atoms with Crippen LogP contribution in [-0.4, -0.2) is 27.8 Å². The highest BCUT2D eigenvalue weighted by molar-refractivity contribution is 8.14. The molecule has 0 radical (unpaired) electrons. The van der Waals surface area contributed by atoms with Crippen LogP contribution in [-0.2, 0) is 9.59 Å². The molecule has 0 bridgehead atoms. The van der Waals surface area contributed by atoms with Crippen molar-refractivity contribution in [2.24, 2.45) is 4.99 Å². The van der Waals surface area contributed by atoms with Gasteiger partial charge in [0.25, 0.3) is 0 Å². The zero-order chi connectivity index (χ0) is 16.3. The van der Waals surface area contributed by atoms with Gasteiger partial charge in [0.1, 0.15) is 17.6 Å². The second-order valence-corrected chi connectivity index (χ2v) is 5.78. The number of halogens is 1. The van der Waals surface area contributed by atoms with Crippen LogP contribution < -0.4 is 5.32 Å². The average molecular weight is 322 g/mol. The standard InChI is InChI=1S/C15H15FN2O3S/c1-8(19)7-22-15-17-9(2)12(14(20)21)13(18-15)10-5-3-4-6-11(10)16/h3-6,13H,7H2,1-2H3,(H,17,18)(H,20,21). The van der Waals surface area contributed by atoms with E-state index in [0.717, 1.165) is 0 Å². The smallest absolute Gasteiger partial charge is 0.335 e. The molecule has 1 unspecified atom stereocenters. The molecule has 0 aromatic heterocycles. The van der Waals surface area contributed by atoms with Gasteiger partial charge in [-0.2, -0.15) is 0 Å². The normalized spacial score (nSPS) is 17.8. The van der Waals surface area contributed by atoms with Crippen molar-refractivity contribution in [3.8, 4) is 0 Å². The summed E-state index contributed by atoms with van der Waals surface area (Å²) >= 11 is 1.17. The van der Waals surface area contributed by atoms with E-state index in [2.05, 4.69) is 10.3 Å². The Bertz CT molecular complexity index is 685. The molecule has 0 amide bonds. The number of hydrogen-bond donors (Lipinski definition) is 2. The molecule has 116 valence electrons. The van der Waals surface area contributed by atoms with Crippen LogP contribution in [0.15, 0.2) is 40.5 Å². The van der Waals surface area contributed by atoms with Crippen LogP contribution in [0, 0.1) is 5.82 Å². The van der Waals surface area contributed by atoms with E-state index < -0.39 is 17.8 Å². The maximum Gasteiger partial charge on any atom is 0.335 e. The number of carboxylic acids is 1. The van der Waals surface area contributed by atoms with Crippen molar-refractivity contribution >= 4 is 28.7 Å². The quantitative estimate of drug-likeness (QED) is 0.890. The number of allylic oxidation sites excluding steroid dienone is 1. The number of thioether (sulfide) groups is 1. The minimum atomic E-state index is -1.15. The van der Waals surface area contributed by atoms with Gasteiger partial charge in [-0.25, -0.2) is 14.2 Å². The highest BCUT2D eigenvalue weighted by Crippen LogP contribution is 2.33. The van der Waals surface area contributed by atoms with E-state index in [-0.39, 0.29) is 22.7 Å². The Kier molecular flexibility index (Phi) is 4.97. The minimum Gasteiger partial charge on any atom is -0.478 e. The Morgan fingerprint density at radius 1 is 1.41 bits per heavy atom. The summed E-state index contributed by atoms with van der Waals surface area (Å²) in [5.74, 6) is -1.48. The first-order valence-corrected chi connectivity index (χ1v) is 7.54. The fourth-order valence-corrected chi connectivity index (χ4v) is 2.83. The zero-order valence-electron chi connectivity index (χ0n) is 12.1. The maximum absolute atomic E-state index is 14.0. The Hall–Kier alpha value is -2.15. The van der Waals surface area contributed by atoms with Gasteiger partial charge in [0.05, 0.1) is 11.3 Å². The van der Waals surface area contributed by atoms with Gasteiger partial charge in [-0.3, -0.25) is 4.79 Å². The number of rotatable bonds is 4. The van der Waals surface area contributed by atoms with E-state index >= 15 is 0 Å². The van der Waals surface area contributed by atoms with E-state index in [0.29, 0.717) is 10.9 Å². The number of aliphatic imine (C=N–C) groups is 1. The Labute approximate surface area is 131 Å². The molecule has 1 aromatic rings. The minimum absolute atomic E-state index is 0.00252. The molecule has 5 nitrogen and oxygen atoms in total. The van der Waals surface area contributed by atoms with Gasteiger partial charge in [0, 0.05) is 11.3 Å². The van der Waals surface area contributed by atoms with Crippen molar-refractivity contribution in [3.05, 3.63) is 46.9 Å². The largest absolute Gasteiger partial charge is 0.478 e. The lowest BCUT2D eigenvalue weighted by molar-refractivity contribution is -0.133. The number of amidine groups is 1. The number of carbonyl (C=O) groups is 2. The Morgan fingerprint density at radius 2 is 2.09 bits per heavy atom. The van der Waals surface area contributed by atoms with Crippen molar-refractivity contribution in [2.75, 3.05) is 5.75 Å². The summed E-state index contributed by atoms with van der Waals surface area (Å²) in [5, 5.41) is 12.7. The lowest BCUT2D eigenvalue weighted by atomic mass is 9.96. The first-order chi connectivity index (χ1) is 10.4. The maximum atomic E-state index is 14.0. The number of ketones is 1. The van der Waals surface area contributed by atoms with Crippen molar-refractivity contribution in [2.45, 2.75) is 19.9 Å². The monoisotopic (exact) mass is 322 g/mol. The van der Waals surface area contributed by atoms with Crippen molar-refractivity contribution in [1.82, 2.24) is 5.32 Å². The summed E-state index contributed by atoms with van der Waals surface area (Å²) in [5.41, 5.74) is 0.584. The third kappa shape index (κ3) is 3.54. The third-order valence-electron chi connectivity index (χ3n) is 3.06. The first kappa shape index (κ1) is 16.2. The molecule has 22 heavy (non-hydrogen) atoms. The molecule has 2 N–H and O–H groups in total. The first-order valence-electron chi connectivity index (χ1n) is 6.55. The van der Waals surface area contributed by atoms with E-state index in [4.69, 9.17) is 0 Å². The average Bonchev–Trinajstić information content (AvgIpc) is 2.44. The molecule has 0 saturated carbocycles. The van der Waals surface area contributed by atoms with Gasteiger partial charge >= 0.3 is 5.97 Å². The van der Waals surface area contributed by atoms with E-state index in [1.165, 1.54) is 36.9 Å². The summed E-state index contributed by atoms with van der Waals surface area (Å²) in [4.78, 5) is 26.8. The highest BCUT2D eigenvalue weighted by Gasteiger charge is 2.30. The molecule has 7 heteroatoms. The van der Waals surface area contributed by atoms with E-state index in [9.17, 15) is 19.1 Å². The summed E-state index contributed by atoms with van der Waals surface area (Å²) < 4.78 is 14.0. The van der Waals surface area contributed by atoms with Gasteiger partial charge in [-0.1, -0.05) is 30.0 Å². The van der Waals surface area contributed by atoms with Crippen LogP contribution in [0.3, 0.4) is 0 Å². The predicted molar refractivity (Wildman–Crippen MR) is 83.2 cm³/mol. The van der Waals surface area contributed by atoms with Crippen LogP contribution in [0.2, 0.25) is 0 Å². The second kappa shape index (κ2) is 6.74. The molecule has 0 fully saturated rings. The van der Waals surface area contributed by atoms with Gasteiger partial charge in [-0.15, -0.1) is 0 Å². The topological polar surface area (TPSA) is 78.8 Å². The lowest BCUT2D eigenvalue weighted by Gasteiger charge is -2.24. The van der Waals surface area contributed by atoms with Crippen LogP contribution in [0.25, 0.3) is 0 Å². The number of benzene rings is 1. The molecule has 1 aromatic carbocycles. The van der Waals surface area contributed by atoms with Gasteiger partial charge < -0.3 is 10.4 Å². The summed E-state index contributed by atoms with van der Waals surface area (Å²) in [7, 11) is 0. The predicted octanol–water partition coefficient (Wildman–Crippen LogP) is 2.51. The molecule has 1 aliphatic heterocycles. The summed E-state index contributed by atoms with van der Waals surface area (Å²) in [6.07, 6.45) is 0. The molecule has 1 aliphatic rings. The molecule has 0 spiro atoms. The number of Topliss-reactive ketones (excluding diaryl/α,β-unsaturated/α-hetero) is 1. The van der Waals surface area contributed by atoms with E-state index in [1.54, 1.807) is 13.0 Å². The fourth-order valence-electron chi connectivity index (χ4n) is 2.09. The second-order valence-electron chi connectivity index (χ2n) is 4.82. The zero-order valence-corrected chi connectivity index (χ0v) is 12.9. The molecule has 2 rings (SSSR count). The number of carbonyl (C=O) groups excluding carboxylic acids is 1. The molecular weight excluding hydrogens is 307 g/mol. The van der Waals surface area contributed by atoms with Crippen LogP contribution in [0.5, 0.6) is 0 Å². The van der Waals surface area contributed by atoms with Gasteiger partial charge in [-0.05, 0) is 19.9 Å². The number of hydrogen-bond acceptors (Lipinski definition) is 5. The summed E-state index contributed by atoms with van der Waals surface area (Å²) in [6, 6.07) is 5.01. The highest BCUT2D eigenvalue weighted by atomic mass is 32.2. The Morgan fingerprint density at radius 3 is 2.68 bits per heavy atom. The van der Waals surface area contributed by atoms with Gasteiger partial charge in [0.2, 0.25) is 0 Å². The summed E-state index contributed by atoms with van der Waals surface area (Å²) in [6.45, 7) is 3.05. The third-order valence-corrected chi connectivity index (χ3v) is 4.09. The van der Waals surface area contributed by atoms with Crippen molar-refractivity contribution in [1.29, 1.82) is 0 Å². The van der Waals surface area contributed by atoms with Crippen molar-refractivity contribution < 1.29 is 19.1 Å². The SMILES string of the molecule is CC(=O)CSC1=NC(c2ccccc2F)C(C(=O)O)=C(C)N1.